The second-order valence-corrected chi connectivity index (χ2v) is 8.44. The van der Waals surface area contributed by atoms with Gasteiger partial charge in [0.1, 0.15) is 11.5 Å². The van der Waals surface area contributed by atoms with Crippen LogP contribution in [-0.4, -0.2) is 0 Å². The number of hydrogen-bond acceptors (Lipinski definition) is 3. The summed E-state index contributed by atoms with van der Waals surface area (Å²) in [5.41, 5.74) is 18.0. The minimum Gasteiger partial charge on any atom is -0.457 e. The zero-order valence-electron chi connectivity index (χ0n) is 18.0. The van der Waals surface area contributed by atoms with Gasteiger partial charge in [-0.25, -0.2) is 0 Å². The Balaban J connectivity index is 1.46. The molecule has 3 nitrogen and oxygen atoms in total. The lowest BCUT2D eigenvalue weighted by atomic mass is 9.78. The number of ether oxygens (including phenoxy) is 1. The highest BCUT2D eigenvalue weighted by atomic mass is 16.5. The summed E-state index contributed by atoms with van der Waals surface area (Å²) in [5.74, 6) is 1.58. The molecule has 4 aromatic rings. The summed E-state index contributed by atoms with van der Waals surface area (Å²) in [7, 11) is 0. The fraction of sp³-hybridized carbons (Fsp3) is 0.143. The van der Waals surface area contributed by atoms with Gasteiger partial charge in [-0.2, -0.15) is 0 Å². The molecule has 4 N–H and O–H groups in total. The summed E-state index contributed by atoms with van der Waals surface area (Å²) in [6.45, 7) is 4.50. The average Bonchev–Trinajstić information content (AvgIpc) is 2.78. The van der Waals surface area contributed by atoms with E-state index in [1.54, 1.807) is 0 Å². The molecule has 0 fully saturated rings. The second kappa shape index (κ2) is 8.57. The first-order chi connectivity index (χ1) is 14.9. The van der Waals surface area contributed by atoms with Gasteiger partial charge in [0, 0.05) is 16.8 Å². The Bertz CT molecular complexity index is 1030. The van der Waals surface area contributed by atoms with E-state index >= 15 is 0 Å². The number of nitrogen functional groups attached to an aromatic ring is 2. The molecule has 0 saturated heterocycles. The molecule has 156 valence electrons. The maximum Gasteiger partial charge on any atom is 0.127 e. The van der Waals surface area contributed by atoms with Crippen LogP contribution in [0.25, 0.3) is 0 Å². The lowest BCUT2D eigenvalue weighted by Crippen LogP contribution is -2.18. The van der Waals surface area contributed by atoms with E-state index in [1.807, 2.05) is 48.5 Å². The van der Waals surface area contributed by atoms with Crippen molar-refractivity contribution in [1.82, 2.24) is 0 Å². The van der Waals surface area contributed by atoms with Gasteiger partial charge >= 0.3 is 0 Å². The Labute approximate surface area is 184 Å². The predicted octanol–water partition coefficient (Wildman–Crippen LogP) is 6.56. The van der Waals surface area contributed by atoms with Crippen LogP contribution in [0.5, 0.6) is 11.5 Å². The lowest BCUT2D eigenvalue weighted by molar-refractivity contribution is 0.482. The van der Waals surface area contributed by atoms with Crippen molar-refractivity contribution < 1.29 is 4.74 Å². The molecule has 0 spiro atoms. The maximum atomic E-state index is 5.92. The number of anilines is 2. The second-order valence-electron chi connectivity index (χ2n) is 8.44. The molecule has 0 radical (unpaired) electrons. The molecule has 31 heavy (non-hydrogen) atoms. The van der Waals surface area contributed by atoms with Crippen molar-refractivity contribution in [2.45, 2.75) is 25.7 Å². The quantitative estimate of drug-likeness (QED) is 0.355. The molecule has 0 heterocycles. The molecule has 0 bridgehead atoms. The topological polar surface area (TPSA) is 61.3 Å². The number of nitrogens with two attached hydrogens (primary N) is 2. The fourth-order valence-corrected chi connectivity index (χ4v) is 3.69. The van der Waals surface area contributed by atoms with Gasteiger partial charge in [-0.1, -0.05) is 62.4 Å². The van der Waals surface area contributed by atoms with E-state index in [2.05, 4.69) is 62.4 Å². The summed E-state index contributed by atoms with van der Waals surface area (Å²) in [4.78, 5) is 0. The first-order valence-corrected chi connectivity index (χ1v) is 10.5. The molecule has 0 unspecified atom stereocenters. The van der Waals surface area contributed by atoms with E-state index in [-0.39, 0.29) is 5.41 Å². The number of rotatable bonds is 6. The molecule has 0 aliphatic heterocycles. The highest BCUT2D eigenvalue weighted by molar-refractivity contribution is 5.45. The van der Waals surface area contributed by atoms with E-state index in [0.29, 0.717) is 0 Å². The first-order valence-electron chi connectivity index (χ1n) is 10.5. The molecular formula is C28H28N2O. The summed E-state index contributed by atoms with van der Waals surface area (Å²) in [5, 5.41) is 0. The van der Waals surface area contributed by atoms with Crippen LogP contribution >= 0.6 is 0 Å². The van der Waals surface area contributed by atoms with E-state index in [4.69, 9.17) is 16.2 Å². The van der Waals surface area contributed by atoms with Crippen LogP contribution in [0.15, 0.2) is 97.1 Å². The first kappa shape index (κ1) is 20.5. The van der Waals surface area contributed by atoms with Crippen molar-refractivity contribution in [2.75, 3.05) is 11.5 Å². The molecule has 4 rings (SSSR count). The maximum absolute atomic E-state index is 5.92. The van der Waals surface area contributed by atoms with E-state index in [9.17, 15) is 0 Å². The van der Waals surface area contributed by atoms with Crippen molar-refractivity contribution in [3.63, 3.8) is 0 Å². The van der Waals surface area contributed by atoms with Crippen LogP contribution in [0.3, 0.4) is 0 Å². The third-order valence-electron chi connectivity index (χ3n) is 5.76. The van der Waals surface area contributed by atoms with Crippen LogP contribution in [0.1, 0.15) is 36.1 Å². The minimum atomic E-state index is -0.112. The summed E-state index contributed by atoms with van der Waals surface area (Å²) >= 11 is 0. The summed E-state index contributed by atoms with van der Waals surface area (Å²) < 4.78 is 5.92. The van der Waals surface area contributed by atoms with Crippen LogP contribution in [-0.2, 0) is 11.8 Å². The summed E-state index contributed by atoms with van der Waals surface area (Å²) in [6.07, 6.45) is 0.901. The van der Waals surface area contributed by atoms with Crippen molar-refractivity contribution in [3.8, 4) is 11.5 Å². The molecule has 0 aliphatic rings. The van der Waals surface area contributed by atoms with Gasteiger partial charge in [-0.05, 0) is 77.2 Å². The Kier molecular flexibility index (Phi) is 5.68. The van der Waals surface area contributed by atoms with Gasteiger partial charge in [0.25, 0.3) is 0 Å². The lowest BCUT2D eigenvalue weighted by Gasteiger charge is -2.26. The van der Waals surface area contributed by atoms with Gasteiger partial charge in [0.15, 0.2) is 0 Å². The normalized spacial score (nSPS) is 11.3. The zero-order valence-corrected chi connectivity index (χ0v) is 18.0. The standard InChI is InChI=1S/C28H28N2O/c1-28(2,22-7-3-20(4-8-22)19-21-5-11-24(29)12-6-21)23-9-15-26(16-10-23)31-27-17-13-25(30)14-18-27/h3-18H,19,29-30H2,1-2H3. The molecule has 0 amide bonds. The zero-order chi connectivity index (χ0) is 21.8. The van der Waals surface area contributed by atoms with Crippen LogP contribution in [0.4, 0.5) is 11.4 Å². The van der Waals surface area contributed by atoms with Crippen LogP contribution < -0.4 is 16.2 Å². The third kappa shape index (κ3) is 4.89. The third-order valence-corrected chi connectivity index (χ3v) is 5.76. The van der Waals surface area contributed by atoms with Crippen molar-refractivity contribution in [2.24, 2.45) is 0 Å². The van der Waals surface area contributed by atoms with Crippen LogP contribution in [0.2, 0.25) is 0 Å². The highest BCUT2D eigenvalue weighted by Crippen LogP contribution is 2.33. The van der Waals surface area contributed by atoms with Gasteiger partial charge in [-0.15, -0.1) is 0 Å². The fourth-order valence-electron chi connectivity index (χ4n) is 3.69. The van der Waals surface area contributed by atoms with E-state index < -0.39 is 0 Å². The van der Waals surface area contributed by atoms with Crippen molar-refractivity contribution in [3.05, 3.63) is 119 Å². The Morgan fingerprint density at radius 1 is 0.548 bits per heavy atom. The average molecular weight is 409 g/mol. The van der Waals surface area contributed by atoms with Gasteiger partial charge < -0.3 is 16.2 Å². The molecule has 0 saturated carbocycles. The summed E-state index contributed by atoms with van der Waals surface area (Å²) in [6, 6.07) is 32.7. The highest BCUT2D eigenvalue weighted by Gasteiger charge is 2.23. The SMILES string of the molecule is CC(C)(c1ccc(Cc2ccc(N)cc2)cc1)c1ccc(Oc2ccc(N)cc2)cc1. The molecule has 4 aromatic carbocycles. The van der Waals surface area contributed by atoms with Crippen molar-refractivity contribution in [1.29, 1.82) is 0 Å². The minimum absolute atomic E-state index is 0.112. The Hall–Kier alpha value is -3.72. The van der Waals surface area contributed by atoms with Gasteiger partial charge in [-0.3, -0.25) is 0 Å². The molecule has 0 aliphatic carbocycles. The largest absolute Gasteiger partial charge is 0.457 e. The van der Waals surface area contributed by atoms with Crippen molar-refractivity contribution >= 4 is 11.4 Å². The van der Waals surface area contributed by atoms with Gasteiger partial charge in [0.05, 0.1) is 0 Å². The molecule has 0 aromatic heterocycles. The van der Waals surface area contributed by atoms with Crippen LogP contribution in [0, 0.1) is 0 Å². The number of benzene rings is 4. The Morgan fingerprint density at radius 2 is 0.903 bits per heavy atom. The van der Waals surface area contributed by atoms with E-state index in [1.165, 1.54) is 22.3 Å². The molecular weight excluding hydrogens is 380 g/mol. The monoisotopic (exact) mass is 408 g/mol. The molecule has 3 heteroatoms. The number of hydrogen-bond donors (Lipinski definition) is 2. The Morgan fingerprint density at radius 3 is 1.39 bits per heavy atom. The predicted molar refractivity (Wildman–Crippen MR) is 130 cm³/mol. The smallest absolute Gasteiger partial charge is 0.127 e. The molecule has 0 atom stereocenters. The van der Waals surface area contributed by atoms with E-state index in [0.717, 1.165) is 29.3 Å². The van der Waals surface area contributed by atoms with Gasteiger partial charge in [0.2, 0.25) is 0 Å².